The van der Waals surface area contributed by atoms with Crippen LogP contribution in [0.1, 0.15) is 30.3 Å². The van der Waals surface area contributed by atoms with Crippen molar-refractivity contribution in [2.75, 3.05) is 0 Å². The van der Waals surface area contributed by atoms with Gasteiger partial charge < -0.3 is 14.6 Å². The normalized spacial score (nSPS) is 15.2. The summed E-state index contributed by atoms with van der Waals surface area (Å²) in [6, 6.07) is 1.00. The zero-order chi connectivity index (χ0) is 15.6. The summed E-state index contributed by atoms with van der Waals surface area (Å²) in [5, 5.41) is 5.13. The number of carbonyl (C=O) groups excluding carboxylic acids is 3. The Hall–Kier alpha value is -2.02. The van der Waals surface area contributed by atoms with Crippen molar-refractivity contribution in [2.45, 2.75) is 31.9 Å². The highest BCUT2D eigenvalue weighted by molar-refractivity contribution is 6.31. The lowest BCUT2D eigenvalue weighted by molar-refractivity contribution is -0.127. The molecule has 21 heavy (non-hydrogen) atoms. The van der Waals surface area contributed by atoms with Gasteiger partial charge in [0.15, 0.2) is 6.10 Å². The Kier molecular flexibility index (Phi) is 4.52. The van der Waals surface area contributed by atoms with Crippen molar-refractivity contribution in [2.24, 2.45) is 7.05 Å². The minimum Gasteiger partial charge on any atom is -0.448 e. The summed E-state index contributed by atoms with van der Waals surface area (Å²) in [6.07, 6.45) is 2.29. The lowest BCUT2D eigenvalue weighted by Crippen LogP contribution is -2.45. The first-order chi connectivity index (χ1) is 9.86. The fraction of sp³-hybridized carbons (Fsp3) is 0.462. The van der Waals surface area contributed by atoms with Gasteiger partial charge in [0.1, 0.15) is 5.69 Å². The van der Waals surface area contributed by atoms with Crippen LogP contribution in [0.15, 0.2) is 12.3 Å². The molecule has 8 heteroatoms. The van der Waals surface area contributed by atoms with Crippen LogP contribution in [0.5, 0.6) is 0 Å². The molecule has 7 nitrogen and oxygen atoms in total. The van der Waals surface area contributed by atoms with E-state index in [-0.39, 0.29) is 11.7 Å². The molecule has 1 aliphatic rings. The zero-order valence-corrected chi connectivity index (χ0v) is 12.4. The van der Waals surface area contributed by atoms with Crippen molar-refractivity contribution < 1.29 is 19.1 Å². The molecule has 2 rings (SSSR count). The summed E-state index contributed by atoms with van der Waals surface area (Å²) in [4.78, 5) is 35.0. The van der Waals surface area contributed by atoms with Crippen molar-refractivity contribution in [1.82, 2.24) is 15.2 Å². The van der Waals surface area contributed by atoms with E-state index in [2.05, 4.69) is 10.6 Å². The molecule has 1 aliphatic carbocycles. The molecular formula is C13H16ClN3O4. The molecule has 1 aromatic rings. The first kappa shape index (κ1) is 15.4. The van der Waals surface area contributed by atoms with E-state index in [0.717, 1.165) is 12.8 Å². The Morgan fingerprint density at radius 1 is 1.43 bits per heavy atom. The maximum absolute atomic E-state index is 11.9. The van der Waals surface area contributed by atoms with Gasteiger partial charge in [-0.05, 0) is 25.8 Å². The molecule has 1 aromatic heterocycles. The van der Waals surface area contributed by atoms with Crippen LogP contribution < -0.4 is 10.6 Å². The average molecular weight is 314 g/mol. The third kappa shape index (κ3) is 4.22. The number of nitrogens with zero attached hydrogens (tertiary/aromatic N) is 1. The van der Waals surface area contributed by atoms with Crippen LogP contribution >= 0.6 is 11.6 Å². The topological polar surface area (TPSA) is 89.4 Å². The third-order valence-corrected chi connectivity index (χ3v) is 3.19. The monoisotopic (exact) mass is 313 g/mol. The van der Waals surface area contributed by atoms with Crippen molar-refractivity contribution in [3.05, 3.63) is 23.0 Å². The second kappa shape index (κ2) is 6.17. The van der Waals surface area contributed by atoms with Gasteiger partial charge in [0, 0.05) is 19.3 Å². The summed E-state index contributed by atoms with van der Waals surface area (Å²) in [5.41, 5.74) is 0.224. The Morgan fingerprint density at radius 3 is 2.62 bits per heavy atom. The highest BCUT2D eigenvalue weighted by Gasteiger charge is 2.26. The van der Waals surface area contributed by atoms with Crippen molar-refractivity contribution in [1.29, 1.82) is 0 Å². The van der Waals surface area contributed by atoms with Crippen molar-refractivity contribution >= 4 is 29.5 Å². The fourth-order valence-electron chi connectivity index (χ4n) is 1.66. The lowest BCUT2D eigenvalue weighted by Gasteiger charge is -2.13. The van der Waals surface area contributed by atoms with Gasteiger partial charge >= 0.3 is 12.0 Å². The van der Waals surface area contributed by atoms with Gasteiger partial charge in [0.05, 0.1) is 5.02 Å². The minimum atomic E-state index is -1.09. The molecule has 114 valence electrons. The number of rotatable bonds is 4. The van der Waals surface area contributed by atoms with Crippen molar-refractivity contribution in [3.63, 3.8) is 0 Å². The maximum Gasteiger partial charge on any atom is 0.355 e. The van der Waals surface area contributed by atoms with Gasteiger partial charge in [-0.2, -0.15) is 0 Å². The SMILES string of the molecule is CC(OC(=O)c1cc(Cl)cn1C)C(=O)NC(=O)NC1CC1. The maximum atomic E-state index is 11.9. The van der Waals surface area contributed by atoms with Crippen LogP contribution in [0, 0.1) is 0 Å². The molecule has 0 bridgehead atoms. The minimum absolute atomic E-state index is 0.140. The number of hydrogen-bond donors (Lipinski definition) is 2. The standard InChI is InChI=1S/C13H16ClN3O4/c1-7(11(18)16-13(20)15-9-3-4-9)21-12(19)10-5-8(14)6-17(10)2/h5-7,9H,3-4H2,1-2H3,(H2,15,16,18,20). The zero-order valence-electron chi connectivity index (χ0n) is 11.7. The molecule has 3 amide bonds. The van der Waals surface area contributed by atoms with Crippen LogP contribution in [0.25, 0.3) is 0 Å². The van der Waals surface area contributed by atoms with E-state index in [4.69, 9.17) is 16.3 Å². The number of hydrogen-bond acceptors (Lipinski definition) is 4. The molecule has 0 radical (unpaired) electrons. The van der Waals surface area contributed by atoms with Crippen LogP contribution in [-0.4, -0.2) is 34.6 Å². The van der Waals surface area contributed by atoms with Gasteiger partial charge in [-0.25, -0.2) is 9.59 Å². The second-order valence-corrected chi connectivity index (χ2v) is 5.38. The first-order valence-corrected chi connectivity index (χ1v) is 6.89. The Bertz CT molecular complexity index is 580. The number of amides is 3. The Morgan fingerprint density at radius 2 is 2.10 bits per heavy atom. The molecule has 0 aromatic carbocycles. The number of halogens is 1. The van der Waals surface area contributed by atoms with Gasteiger partial charge in [0.25, 0.3) is 5.91 Å². The second-order valence-electron chi connectivity index (χ2n) is 4.94. The predicted molar refractivity (Wildman–Crippen MR) is 75.0 cm³/mol. The van der Waals surface area contributed by atoms with Gasteiger partial charge in [-0.3, -0.25) is 10.1 Å². The lowest BCUT2D eigenvalue weighted by atomic mass is 10.3. The van der Waals surface area contributed by atoms with Crippen LogP contribution in [0.2, 0.25) is 5.02 Å². The molecule has 1 atom stereocenters. The van der Waals surface area contributed by atoms with E-state index in [0.29, 0.717) is 5.02 Å². The quantitative estimate of drug-likeness (QED) is 0.818. The van der Waals surface area contributed by atoms with Gasteiger partial charge in [0.2, 0.25) is 0 Å². The molecule has 1 saturated carbocycles. The number of carbonyl (C=O) groups is 3. The summed E-state index contributed by atoms with van der Waals surface area (Å²) in [6.45, 7) is 1.39. The van der Waals surface area contributed by atoms with E-state index < -0.39 is 24.0 Å². The largest absolute Gasteiger partial charge is 0.448 e. The third-order valence-electron chi connectivity index (χ3n) is 2.98. The molecule has 2 N–H and O–H groups in total. The average Bonchev–Trinajstić information content (AvgIpc) is 3.12. The number of esters is 1. The van der Waals surface area contributed by atoms with E-state index in [9.17, 15) is 14.4 Å². The van der Waals surface area contributed by atoms with Crippen molar-refractivity contribution in [3.8, 4) is 0 Å². The number of nitrogens with one attached hydrogen (secondary N) is 2. The predicted octanol–water partition coefficient (Wildman–Crippen LogP) is 1.21. The summed E-state index contributed by atoms with van der Waals surface area (Å²) in [7, 11) is 1.64. The van der Waals surface area contributed by atoms with Gasteiger partial charge in [-0.15, -0.1) is 0 Å². The number of aryl methyl sites for hydroxylation is 1. The summed E-state index contributed by atoms with van der Waals surface area (Å²) in [5.74, 6) is -1.36. The molecule has 0 spiro atoms. The van der Waals surface area contributed by atoms with Crippen LogP contribution in [-0.2, 0) is 16.6 Å². The van der Waals surface area contributed by atoms with E-state index in [1.54, 1.807) is 13.2 Å². The number of aromatic nitrogens is 1. The van der Waals surface area contributed by atoms with Crippen LogP contribution in [0.4, 0.5) is 4.79 Å². The van der Waals surface area contributed by atoms with E-state index in [1.165, 1.54) is 17.6 Å². The molecular weight excluding hydrogens is 298 g/mol. The summed E-state index contributed by atoms with van der Waals surface area (Å²) >= 11 is 5.77. The molecule has 1 unspecified atom stereocenters. The number of ether oxygens (including phenoxy) is 1. The summed E-state index contributed by atoms with van der Waals surface area (Å²) < 4.78 is 6.50. The number of urea groups is 1. The van der Waals surface area contributed by atoms with Gasteiger partial charge in [-0.1, -0.05) is 11.6 Å². The molecule has 0 aliphatic heterocycles. The molecule has 0 saturated heterocycles. The van der Waals surface area contributed by atoms with E-state index in [1.807, 2.05) is 0 Å². The molecule has 1 fully saturated rings. The smallest absolute Gasteiger partial charge is 0.355 e. The Balaban J connectivity index is 1.86. The number of imide groups is 1. The fourth-order valence-corrected chi connectivity index (χ4v) is 1.91. The van der Waals surface area contributed by atoms with Crippen LogP contribution in [0.3, 0.4) is 0 Å². The Labute approximate surface area is 126 Å². The van der Waals surface area contributed by atoms with E-state index >= 15 is 0 Å². The molecule has 1 heterocycles. The highest BCUT2D eigenvalue weighted by atomic mass is 35.5. The first-order valence-electron chi connectivity index (χ1n) is 6.51. The highest BCUT2D eigenvalue weighted by Crippen LogP contribution is 2.18.